The molecule has 1 amide bonds. The summed E-state index contributed by atoms with van der Waals surface area (Å²) in [5.41, 5.74) is 2.53. The highest BCUT2D eigenvalue weighted by molar-refractivity contribution is 7.91. The second-order valence-corrected chi connectivity index (χ2v) is 9.40. The molecule has 3 rings (SSSR count). The van der Waals surface area contributed by atoms with Crippen molar-refractivity contribution in [1.29, 1.82) is 0 Å². The predicted octanol–water partition coefficient (Wildman–Crippen LogP) is 1.83. The molecule has 0 radical (unpaired) electrons. The van der Waals surface area contributed by atoms with E-state index in [1.54, 1.807) is 6.92 Å². The maximum absolute atomic E-state index is 12.3. The number of sulfone groups is 1. The number of rotatable bonds is 5. The summed E-state index contributed by atoms with van der Waals surface area (Å²) < 4.78 is 23.1. The Labute approximate surface area is 142 Å². The number of benzene rings is 1. The van der Waals surface area contributed by atoms with Crippen LogP contribution in [0.1, 0.15) is 54.1 Å². The van der Waals surface area contributed by atoms with E-state index >= 15 is 0 Å². The first-order chi connectivity index (χ1) is 11.3. The van der Waals surface area contributed by atoms with E-state index in [1.165, 1.54) is 11.1 Å². The Bertz CT molecular complexity index is 784. The van der Waals surface area contributed by atoms with Gasteiger partial charge in [0.25, 0.3) is 0 Å². The van der Waals surface area contributed by atoms with Gasteiger partial charge in [0.05, 0.1) is 17.0 Å². The highest BCUT2D eigenvalue weighted by Crippen LogP contribution is 2.24. The Hall–Kier alpha value is -1.69. The molecule has 1 fully saturated rings. The second-order valence-electron chi connectivity index (χ2n) is 7.21. The molecule has 5 nitrogen and oxygen atoms in total. The number of ketones is 1. The third-order valence-electron chi connectivity index (χ3n) is 4.94. The molecule has 2 aliphatic rings. The zero-order valence-electron chi connectivity index (χ0n) is 13.9. The van der Waals surface area contributed by atoms with E-state index in [0.717, 1.165) is 19.3 Å². The quantitative estimate of drug-likeness (QED) is 0.823. The van der Waals surface area contributed by atoms with Crippen LogP contribution >= 0.6 is 0 Å². The molecule has 1 N–H and O–H groups in total. The molecule has 1 saturated heterocycles. The lowest BCUT2D eigenvalue weighted by Gasteiger charge is -2.23. The van der Waals surface area contributed by atoms with Crippen LogP contribution in [0.25, 0.3) is 0 Å². The van der Waals surface area contributed by atoms with Crippen molar-refractivity contribution in [2.24, 2.45) is 0 Å². The molecule has 130 valence electrons. The second kappa shape index (κ2) is 6.31. The normalized spacial score (nSPS) is 24.5. The molecule has 24 heavy (non-hydrogen) atoms. The lowest BCUT2D eigenvalue weighted by molar-refractivity contribution is -0.122. The molecule has 0 bridgehead atoms. The van der Waals surface area contributed by atoms with Crippen molar-refractivity contribution in [3.63, 3.8) is 0 Å². The first kappa shape index (κ1) is 17.1. The molecule has 1 atom stereocenters. The van der Waals surface area contributed by atoms with Crippen LogP contribution in [0.2, 0.25) is 0 Å². The molecule has 1 aliphatic heterocycles. The van der Waals surface area contributed by atoms with E-state index in [1.807, 2.05) is 18.2 Å². The number of carbonyl (C=O) groups is 2. The smallest absolute Gasteiger partial charge is 0.220 e. The van der Waals surface area contributed by atoms with Gasteiger partial charge in [0.15, 0.2) is 15.6 Å². The summed E-state index contributed by atoms with van der Waals surface area (Å²) >= 11 is 0. The summed E-state index contributed by atoms with van der Waals surface area (Å²) in [6.45, 7) is 1.75. The summed E-state index contributed by atoms with van der Waals surface area (Å²) in [4.78, 5) is 24.4. The molecule has 1 unspecified atom stereocenters. The van der Waals surface area contributed by atoms with Gasteiger partial charge in [-0.25, -0.2) is 8.42 Å². The summed E-state index contributed by atoms with van der Waals surface area (Å²) in [6, 6.07) is 5.81. The van der Waals surface area contributed by atoms with Crippen LogP contribution < -0.4 is 5.32 Å². The number of amides is 1. The average Bonchev–Trinajstić information content (AvgIpc) is 3.07. The van der Waals surface area contributed by atoms with Gasteiger partial charge in [0.1, 0.15) is 0 Å². The maximum Gasteiger partial charge on any atom is 0.220 e. The molecule has 1 aromatic rings. The van der Waals surface area contributed by atoms with Gasteiger partial charge in [-0.15, -0.1) is 0 Å². The van der Waals surface area contributed by atoms with E-state index in [-0.39, 0.29) is 36.0 Å². The Morgan fingerprint density at radius 3 is 2.62 bits per heavy atom. The molecule has 6 heteroatoms. The fourth-order valence-corrected chi connectivity index (χ4v) is 5.72. The zero-order chi connectivity index (χ0) is 17.4. The monoisotopic (exact) mass is 349 g/mol. The minimum absolute atomic E-state index is 0.0233. The number of hydrogen-bond donors (Lipinski definition) is 1. The minimum atomic E-state index is -3.06. The van der Waals surface area contributed by atoms with Gasteiger partial charge in [-0.2, -0.15) is 0 Å². The van der Waals surface area contributed by atoms with E-state index in [0.29, 0.717) is 12.0 Å². The van der Waals surface area contributed by atoms with Gasteiger partial charge >= 0.3 is 0 Å². The van der Waals surface area contributed by atoms with Crippen LogP contribution in [0, 0.1) is 0 Å². The molecular weight excluding hydrogens is 326 g/mol. The fraction of sp³-hybridized carbons (Fsp3) is 0.556. The first-order valence-electron chi connectivity index (χ1n) is 8.43. The summed E-state index contributed by atoms with van der Waals surface area (Å²) in [5, 5.41) is 2.79. The highest BCUT2D eigenvalue weighted by atomic mass is 32.2. The lowest BCUT2D eigenvalue weighted by atomic mass is 9.99. The standard InChI is InChI=1S/C18H23NO4S/c1-18(9-10-24(22,23)12-18)19-17(21)8-7-16(20)15-6-5-13-3-2-4-14(13)11-15/h5-6,11H,2-4,7-10,12H2,1H3,(H,19,21). The number of nitrogens with one attached hydrogen (secondary N) is 1. The summed E-state index contributed by atoms with van der Waals surface area (Å²) in [7, 11) is -3.06. The van der Waals surface area contributed by atoms with Crippen molar-refractivity contribution in [3.05, 3.63) is 34.9 Å². The van der Waals surface area contributed by atoms with Gasteiger partial charge in [-0.05, 0) is 49.8 Å². The number of carbonyl (C=O) groups excluding carboxylic acids is 2. The van der Waals surface area contributed by atoms with Gasteiger partial charge in [0.2, 0.25) is 5.91 Å². The largest absolute Gasteiger partial charge is 0.350 e. The van der Waals surface area contributed by atoms with E-state index in [4.69, 9.17) is 0 Å². The number of fused-ring (bicyclic) bond motifs is 1. The average molecular weight is 349 g/mol. The molecule has 0 aromatic heterocycles. The first-order valence-corrected chi connectivity index (χ1v) is 10.2. The van der Waals surface area contributed by atoms with Gasteiger partial charge in [-0.3, -0.25) is 9.59 Å². The van der Waals surface area contributed by atoms with Crippen molar-refractivity contribution in [1.82, 2.24) is 5.32 Å². The molecular formula is C18H23NO4S. The van der Waals surface area contributed by atoms with E-state index in [2.05, 4.69) is 5.32 Å². The number of aryl methyl sites for hydroxylation is 2. The fourth-order valence-electron chi connectivity index (χ4n) is 3.62. The number of hydrogen-bond acceptors (Lipinski definition) is 4. The number of Topliss-reactive ketones (excluding diaryl/α,β-unsaturated/α-hetero) is 1. The van der Waals surface area contributed by atoms with Gasteiger partial charge in [-0.1, -0.05) is 12.1 Å². The zero-order valence-corrected chi connectivity index (χ0v) is 14.7. The maximum atomic E-state index is 12.3. The molecule has 0 saturated carbocycles. The van der Waals surface area contributed by atoms with Crippen LogP contribution in [0.15, 0.2) is 18.2 Å². The van der Waals surface area contributed by atoms with Crippen LogP contribution in [-0.2, 0) is 27.5 Å². The van der Waals surface area contributed by atoms with Crippen molar-refractivity contribution in [2.45, 2.75) is 51.0 Å². The SMILES string of the molecule is CC1(NC(=O)CCC(=O)c2ccc3c(c2)CCC3)CCS(=O)(=O)C1. The van der Waals surface area contributed by atoms with Crippen molar-refractivity contribution in [3.8, 4) is 0 Å². The Kier molecular flexibility index (Phi) is 4.51. The summed E-state index contributed by atoms with van der Waals surface area (Å²) in [5.74, 6) is -0.212. The summed E-state index contributed by atoms with van der Waals surface area (Å²) in [6.07, 6.45) is 3.90. The Balaban J connectivity index is 1.54. The van der Waals surface area contributed by atoms with Crippen LogP contribution in [0.4, 0.5) is 0 Å². The third-order valence-corrected chi connectivity index (χ3v) is 6.85. The molecule has 0 spiro atoms. The third kappa shape index (κ3) is 3.86. The Morgan fingerprint density at radius 2 is 1.92 bits per heavy atom. The van der Waals surface area contributed by atoms with Gasteiger partial charge < -0.3 is 5.32 Å². The highest BCUT2D eigenvalue weighted by Gasteiger charge is 2.39. The molecule has 1 aliphatic carbocycles. The van der Waals surface area contributed by atoms with Crippen LogP contribution in [0.3, 0.4) is 0 Å². The molecule has 1 aromatic carbocycles. The van der Waals surface area contributed by atoms with Crippen LogP contribution in [-0.4, -0.2) is 37.2 Å². The lowest BCUT2D eigenvalue weighted by Crippen LogP contribution is -2.46. The van der Waals surface area contributed by atoms with Crippen molar-refractivity contribution >= 4 is 21.5 Å². The van der Waals surface area contributed by atoms with E-state index < -0.39 is 15.4 Å². The topological polar surface area (TPSA) is 80.3 Å². The van der Waals surface area contributed by atoms with Crippen molar-refractivity contribution < 1.29 is 18.0 Å². The molecule has 1 heterocycles. The van der Waals surface area contributed by atoms with Crippen LogP contribution in [0.5, 0.6) is 0 Å². The van der Waals surface area contributed by atoms with Gasteiger partial charge in [0, 0.05) is 18.4 Å². The van der Waals surface area contributed by atoms with Crippen molar-refractivity contribution in [2.75, 3.05) is 11.5 Å². The van der Waals surface area contributed by atoms with E-state index in [9.17, 15) is 18.0 Å². The predicted molar refractivity (Wildman–Crippen MR) is 91.9 cm³/mol. The minimum Gasteiger partial charge on any atom is -0.350 e. The Morgan fingerprint density at radius 1 is 1.17 bits per heavy atom.